The van der Waals surface area contributed by atoms with Crippen molar-refractivity contribution in [2.24, 2.45) is 0 Å². The van der Waals surface area contributed by atoms with Crippen LogP contribution in [0.5, 0.6) is 5.75 Å². The lowest BCUT2D eigenvalue weighted by atomic mass is 10.2. The first-order valence-corrected chi connectivity index (χ1v) is 9.27. The lowest BCUT2D eigenvalue weighted by molar-refractivity contribution is -0.274. The van der Waals surface area contributed by atoms with Gasteiger partial charge in [0.2, 0.25) is 15.9 Å². The average Bonchev–Trinajstić information content (AvgIpc) is 2.55. The molecule has 0 aliphatic rings. The Kier molecular flexibility index (Phi) is 6.34. The summed E-state index contributed by atoms with van der Waals surface area (Å²) >= 11 is 5.70. The number of rotatable bonds is 6. The third kappa shape index (κ3) is 6.42. The molecule has 146 valence electrons. The molecule has 2 rings (SSSR count). The molecule has 0 saturated heterocycles. The number of hydrogen-bond donors (Lipinski definition) is 2. The van der Waals surface area contributed by atoms with Gasteiger partial charge in [-0.15, -0.1) is 13.2 Å². The number of sulfonamides is 1. The molecule has 11 heteroatoms. The number of carbonyl (C=O) groups excluding carboxylic acids is 1. The van der Waals surface area contributed by atoms with Crippen LogP contribution in [0.3, 0.4) is 0 Å². The molecule has 2 N–H and O–H groups in total. The van der Waals surface area contributed by atoms with Gasteiger partial charge in [0.25, 0.3) is 0 Å². The fourth-order valence-corrected chi connectivity index (χ4v) is 3.29. The maximum absolute atomic E-state index is 12.2. The molecule has 0 unspecified atom stereocenters. The van der Waals surface area contributed by atoms with Gasteiger partial charge in [0.05, 0.1) is 10.9 Å². The zero-order valence-corrected chi connectivity index (χ0v) is 15.3. The first-order valence-electron chi connectivity index (χ1n) is 7.41. The van der Waals surface area contributed by atoms with E-state index in [9.17, 15) is 26.4 Å². The van der Waals surface area contributed by atoms with Crippen molar-refractivity contribution in [2.75, 3.05) is 5.32 Å². The molecule has 6 nitrogen and oxygen atoms in total. The van der Waals surface area contributed by atoms with Crippen LogP contribution < -0.4 is 14.8 Å². The molecule has 0 fully saturated rings. The van der Waals surface area contributed by atoms with E-state index < -0.39 is 34.1 Å². The van der Waals surface area contributed by atoms with Gasteiger partial charge in [0, 0.05) is 10.7 Å². The number of halogens is 4. The zero-order valence-electron chi connectivity index (χ0n) is 13.7. The van der Waals surface area contributed by atoms with Gasteiger partial charge in [-0.1, -0.05) is 11.6 Å². The van der Waals surface area contributed by atoms with Gasteiger partial charge in [-0.05, 0) is 55.5 Å². The molecule has 1 atom stereocenters. The third-order valence-corrected chi connectivity index (χ3v) is 5.01. The van der Waals surface area contributed by atoms with Gasteiger partial charge in [-0.3, -0.25) is 4.79 Å². The predicted molar refractivity (Wildman–Crippen MR) is 93.0 cm³/mol. The molecule has 0 aliphatic carbocycles. The van der Waals surface area contributed by atoms with Crippen LogP contribution >= 0.6 is 11.6 Å². The second-order valence-electron chi connectivity index (χ2n) is 5.36. The lowest BCUT2D eigenvalue weighted by Gasteiger charge is -2.15. The third-order valence-electron chi connectivity index (χ3n) is 3.20. The fourth-order valence-electron chi connectivity index (χ4n) is 1.96. The van der Waals surface area contributed by atoms with Crippen molar-refractivity contribution in [3.8, 4) is 5.75 Å². The van der Waals surface area contributed by atoms with E-state index in [-0.39, 0.29) is 10.6 Å². The number of carbonyl (C=O) groups is 1. The second kappa shape index (κ2) is 8.15. The van der Waals surface area contributed by atoms with Crippen molar-refractivity contribution in [3.63, 3.8) is 0 Å². The summed E-state index contributed by atoms with van der Waals surface area (Å²) in [5, 5.41) is 2.75. The highest BCUT2D eigenvalue weighted by molar-refractivity contribution is 7.89. The van der Waals surface area contributed by atoms with Crippen LogP contribution in [0.1, 0.15) is 6.92 Å². The number of ether oxygens (including phenoxy) is 1. The predicted octanol–water partition coefficient (Wildman–Crippen LogP) is 3.54. The molecule has 1 amide bonds. The minimum atomic E-state index is -4.82. The highest BCUT2D eigenvalue weighted by Crippen LogP contribution is 2.24. The van der Waals surface area contributed by atoms with E-state index in [2.05, 4.69) is 14.8 Å². The zero-order chi connectivity index (χ0) is 20.2. The van der Waals surface area contributed by atoms with Crippen LogP contribution in [0.15, 0.2) is 53.4 Å². The summed E-state index contributed by atoms with van der Waals surface area (Å²) in [6.07, 6.45) is -4.82. The smallest absolute Gasteiger partial charge is 0.406 e. The molecule has 2 aromatic carbocycles. The van der Waals surface area contributed by atoms with Gasteiger partial charge in [0.15, 0.2) is 0 Å². The summed E-state index contributed by atoms with van der Waals surface area (Å²) in [5.74, 6) is -1.14. The van der Waals surface area contributed by atoms with Crippen LogP contribution in [0.4, 0.5) is 18.9 Å². The lowest BCUT2D eigenvalue weighted by Crippen LogP contribution is -2.41. The summed E-state index contributed by atoms with van der Waals surface area (Å²) in [4.78, 5) is 12.0. The van der Waals surface area contributed by atoms with Crippen molar-refractivity contribution in [3.05, 3.63) is 53.6 Å². The molecule has 0 bridgehead atoms. The van der Waals surface area contributed by atoms with Crippen molar-refractivity contribution in [1.82, 2.24) is 4.72 Å². The van der Waals surface area contributed by atoms with Gasteiger partial charge in [-0.2, -0.15) is 4.72 Å². The number of alkyl halides is 3. The molecule has 0 radical (unpaired) electrons. The molecule has 0 saturated carbocycles. The van der Waals surface area contributed by atoms with Gasteiger partial charge in [-0.25, -0.2) is 8.42 Å². The van der Waals surface area contributed by atoms with E-state index in [1.165, 1.54) is 43.3 Å². The largest absolute Gasteiger partial charge is 0.573 e. The van der Waals surface area contributed by atoms with E-state index in [0.29, 0.717) is 5.02 Å². The maximum atomic E-state index is 12.2. The van der Waals surface area contributed by atoms with E-state index in [1.807, 2.05) is 0 Å². The Morgan fingerprint density at radius 1 is 1.07 bits per heavy atom. The van der Waals surface area contributed by atoms with E-state index in [1.54, 1.807) is 0 Å². The van der Waals surface area contributed by atoms with E-state index in [0.717, 1.165) is 12.1 Å². The minimum absolute atomic E-state index is 0.0693. The topological polar surface area (TPSA) is 84.5 Å². The summed E-state index contributed by atoms with van der Waals surface area (Å²) in [5.41, 5.74) is 0.173. The van der Waals surface area contributed by atoms with Crippen LogP contribution in [0.2, 0.25) is 5.02 Å². The molecule has 0 spiro atoms. The van der Waals surface area contributed by atoms with Crippen molar-refractivity contribution in [1.29, 1.82) is 0 Å². The van der Waals surface area contributed by atoms with Crippen molar-refractivity contribution >= 4 is 33.2 Å². The molecule has 0 heterocycles. The highest BCUT2D eigenvalue weighted by Gasteiger charge is 2.31. The standard InChI is InChI=1S/C16H14ClF3N2O4S/c1-10(22-27(24,25)14-8-2-11(17)3-9-14)15(23)21-12-4-6-13(7-5-12)26-16(18,19)20/h2-10,22H,1H3,(H,21,23)/t10-/m1/s1. The number of nitrogens with one attached hydrogen (secondary N) is 2. The van der Waals surface area contributed by atoms with Crippen LogP contribution in [-0.4, -0.2) is 26.7 Å². The summed E-state index contributed by atoms with van der Waals surface area (Å²) in [6.45, 7) is 1.32. The second-order valence-corrected chi connectivity index (χ2v) is 7.51. The maximum Gasteiger partial charge on any atom is 0.573 e. The number of anilines is 1. The molecule has 0 aliphatic heterocycles. The Labute approximate surface area is 158 Å². The Morgan fingerprint density at radius 3 is 2.15 bits per heavy atom. The first-order chi connectivity index (χ1) is 12.5. The Balaban J connectivity index is 2.00. The molecular formula is C16H14ClF3N2O4S. The first kappa shape index (κ1) is 21.0. The van der Waals surface area contributed by atoms with Crippen LogP contribution in [0.25, 0.3) is 0 Å². The van der Waals surface area contributed by atoms with E-state index >= 15 is 0 Å². The Bertz CT molecular complexity index is 901. The molecular weight excluding hydrogens is 409 g/mol. The van der Waals surface area contributed by atoms with Gasteiger partial charge >= 0.3 is 6.36 Å². The average molecular weight is 423 g/mol. The van der Waals surface area contributed by atoms with Crippen molar-refractivity contribution in [2.45, 2.75) is 24.2 Å². The number of hydrogen-bond acceptors (Lipinski definition) is 4. The molecule has 2 aromatic rings. The number of benzene rings is 2. The van der Waals surface area contributed by atoms with Gasteiger partial charge < -0.3 is 10.1 Å². The Morgan fingerprint density at radius 2 is 1.63 bits per heavy atom. The van der Waals surface area contributed by atoms with Crippen LogP contribution in [0, 0.1) is 0 Å². The molecule has 0 aromatic heterocycles. The molecule has 27 heavy (non-hydrogen) atoms. The summed E-state index contributed by atoms with van der Waals surface area (Å²) in [7, 11) is -3.96. The summed E-state index contributed by atoms with van der Waals surface area (Å²) < 4.78 is 66.7. The minimum Gasteiger partial charge on any atom is -0.406 e. The van der Waals surface area contributed by atoms with Gasteiger partial charge in [0.1, 0.15) is 5.75 Å². The normalized spacial score (nSPS) is 13.1. The number of amides is 1. The highest BCUT2D eigenvalue weighted by atomic mass is 35.5. The van der Waals surface area contributed by atoms with Crippen LogP contribution in [-0.2, 0) is 14.8 Å². The van der Waals surface area contributed by atoms with E-state index in [4.69, 9.17) is 11.6 Å². The SMILES string of the molecule is C[C@@H](NS(=O)(=O)c1ccc(Cl)cc1)C(=O)Nc1ccc(OC(F)(F)F)cc1. The Hall–Kier alpha value is -2.30. The fraction of sp³-hybridized carbons (Fsp3) is 0.188. The summed E-state index contributed by atoms with van der Waals surface area (Å²) in [6, 6.07) is 8.65. The van der Waals surface area contributed by atoms with Crippen molar-refractivity contribution < 1.29 is 31.1 Å². The quantitative estimate of drug-likeness (QED) is 0.745. The monoisotopic (exact) mass is 422 g/mol.